The van der Waals surface area contributed by atoms with E-state index < -0.39 is 0 Å². The summed E-state index contributed by atoms with van der Waals surface area (Å²) in [6, 6.07) is 0. The van der Waals surface area contributed by atoms with Gasteiger partial charge in [0.15, 0.2) is 0 Å². The average molecular weight is 401 g/mol. The van der Waals surface area contributed by atoms with E-state index in [-0.39, 0.29) is 6.10 Å². The Hall–Kier alpha value is -0.0400. The van der Waals surface area contributed by atoms with Gasteiger partial charge in [-0.05, 0) is 115 Å². The fourth-order valence-corrected chi connectivity index (χ4v) is 10.4. The van der Waals surface area contributed by atoms with Crippen molar-refractivity contribution >= 4 is 0 Å². The summed E-state index contributed by atoms with van der Waals surface area (Å²) in [6.45, 7) is 12.8. The van der Waals surface area contributed by atoms with Gasteiger partial charge in [0.05, 0.1) is 6.10 Å². The molecule has 29 heavy (non-hydrogen) atoms. The molecule has 0 heterocycles. The van der Waals surface area contributed by atoms with E-state index in [4.69, 9.17) is 0 Å². The Labute approximate surface area is 180 Å². The highest BCUT2D eigenvalue weighted by atomic mass is 16.3. The first-order chi connectivity index (χ1) is 13.7. The Balaban J connectivity index is 1.33. The molecule has 5 rings (SSSR count). The lowest BCUT2D eigenvalue weighted by atomic mass is 9.44. The summed E-state index contributed by atoms with van der Waals surface area (Å²) in [6.07, 6.45) is 16.8. The predicted octanol–water partition coefficient (Wildman–Crippen LogP) is 7.47. The van der Waals surface area contributed by atoms with Crippen molar-refractivity contribution in [3.63, 3.8) is 0 Å². The number of hydrogen-bond donors (Lipinski definition) is 1. The fraction of sp³-hybridized carbons (Fsp3) is 1.00. The largest absolute Gasteiger partial charge is 0.393 e. The van der Waals surface area contributed by atoms with E-state index in [2.05, 4.69) is 34.6 Å². The molecule has 0 bridgehead atoms. The summed E-state index contributed by atoms with van der Waals surface area (Å²) >= 11 is 0. The zero-order chi connectivity index (χ0) is 20.6. The first-order valence-corrected chi connectivity index (χ1v) is 13.4. The average Bonchev–Trinajstić information content (AvgIpc) is 3.22. The van der Waals surface area contributed by atoms with E-state index in [0.29, 0.717) is 16.2 Å². The monoisotopic (exact) mass is 400 g/mol. The third-order valence-corrected chi connectivity index (χ3v) is 12.0. The number of aliphatic hydroxyl groups is 1. The summed E-state index contributed by atoms with van der Waals surface area (Å²) in [5.41, 5.74) is 1.71. The summed E-state index contributed by atoms with van der Waals surface area (Å²) < 4.78 is 0. The van der Waals surface area contributed by atoms with Crippen LogP contribution in [0.4, 0.5) is 0 Å². The SMILES string of the molecule is CC(C)CCCC(C)C1CCC2C3CC4CC45CC(O)CCC5(C)C3CCC12C. The number of fused-ring (bicyclic) bond motifs is 4. The van der Waals surface area contributed by atoms with Crippen molar-refractivity contribution in [3.05, 3.63) is 0 Å². The molecular weight excluding hydrogens is 352 g/mol. The summed E-state index contributed by atoms with van der Waals surface area (Å²) in [7, 11) is 0. The molecule has 5 saturated carbocycles. The molecule has 1 nitrogen and oxygen atoms in total. The van der Waals surface area contributed by atoms with Crippen LogP contribution < -0.4 is 0 Å². The quantitative estimate of drug-likeness (QED) is 0.507. The number of rotatable bonds is 5. The van der Waals surface area contributed by atoms with Gasteiger partial charge in [-0.25, -0.2) is 0 Å². The fourth-order valence-electron chi connectivity index (χ4n) is 10.4. The normalized spacial score (nSPS) is 54.3. The van der Waals surface area contributed by atoms with E-state index in [1.165, 1.54) is 64.2 Å². The van der Waals surface area contributed by atoms with Gasteiger partial charge in [-0.2, -0.15) is 0 Å². The van der Waals surface area contributed by atoms with Crippen molar-refractivity contribution in [1.29, 1.82) is 0 Å². The molecule has 1 heteroatoms. The molecule has 0 aromatic rings. The molecule has 10 unspecified atom stereocenters. The number of aliphatic hydroxyl groups excluding tert-OH is 1. The molecule has 166 valence electrons. The second-order valence-corrected chi connectivity index (χ2v) is 13.5. The minimum Gasteiger partial charge on any atom is -0.393 e. The van der Waals surface area contributed by atoms with Gasteiger partial charge in [0.25, 0.3) is 0 Å². The molecule has 0 saturated heterocycles. The van der Waals surface area contributed by atoms with Crippen LogP contribution in [0.1, 0.15) is 112 Å². The van der Waals surface area contributed by atoms with E-state index in [9.17, 15) is 5.11 Å². The van der Waals surface area contributed by atoms with Crippen molar-refractivity contribution < 1.29 is 5.11 Å². The van der Waals surface area contributed by atoms with Crippen LogP contribution in [0.5, 0.6) is 0 Å². The van der Waals surface area contributed by atoms with E-state index >= 15 is 0 Å². The molecule has 5 aliphatic rings. The molecule has 10 atom stereocenters. The van der Waals surface area contributed by atoms with Crippen LogP contribution in [-0.4, -0.2) is 11.2 Å². The van der Waals surface area contributed by atoms with Gasteiger partial charge in [0.1, 0.15) is 0 Å². The van der Waals surface area contributed by atoms with Crippen LogP contribution in [0.15, 0.2) is 0 Å². The lowest BCUT2D eigenvalue weighted by Crippen LogP contribution is -2.55. The van der Waals surface area contributed by atoms with Crippen molar-refractivity contribution in [1.82, 2.24) is 0 Å². The van der Waals surface area contributed by atoms with E-state index in [1.807, 2.05) is 0 Å². The van der Waals surface area contributed by atoms with Gasteiger partial charge in [-0.1, -0.05) is 53.9 Å². The second kappa shape index (κ2) is 6.98. The van der Waals surface area contributed by atoms with Crippen molar-refractivity contribution in [2.45, 2.75) is 118 Å². The Bertz CT molecular complexity index is 626. The molecule has 1 spiro atoms. The van der Waals surface area contributed by atoms with Crippen LogP contribution in [-0.2, 0) is 0 Å². The maximum Gasteiger partial charge on any atom is 0.0546 e. The first kappa shape index (κ1) is 20.8. The maximum atomic E-state index is 10.4. The maximum absolute atomic E-state index is 10.4. The molecule has 0 radical (unpaired) electrons. The van der Waals surface area contributed by atoms with Gasteiger partial charge in [-0.3, -0.25) is 0 Å². The Kier molecular flexibility index (Phi) is 5.02. The Morgan fingerprint density at radius 2 is 1.69 bits per heavy atom. The minimum atomic E-state index is 0.000955. The molecule has 0 aliphatic heterocycles. The van der Waals surface area contributed by atoms with E-state index in [0.717, 1.165) is 54.3 Å². The Morgan fingerprint density at radius 3 is 2.45 bits per heavy atom. The Morgan fingerprint density at radius 1 is 0.897 bits per heavy atom. The van der Waals surface area contributed by atoms with Gasteiger partial charge in [0, 0.05) is 0 Å². The zero-order valence-corrected chi connectivity index (χ0v) is 20.1. The highest BCUT2D eigenvalue weighted by molar-refractivity contribution is 5.22. The second-order valence-electron chi connectivity index (χ2n) is 13.5. The van der Waals surface area contributed by atoms with Crippen molar-refractivity contribution in [2.75, 3.05) is 0 Å². The summed E-state index contributed by atoms with van der Waals surface area (Å²) in [5, 5.41) is 10.4. The summed E-state index contributed by atoms with van der Waals surface area (Å²) in [5.74, 6) is 6.68. The lowest BCUT2D eigenvalue weighted by molar-refractivity contribution is -0.137. The topological polar surface area (TPSA) is 20.2 Å². The minimum absolute atomic E-state index is 0.000955. The molecular formula is C28H48O. The molecule has 0 amide bonds. The van der Waals surface area contributed by atoms with Crippen LogP contribution in [0.2, 0.25) is 0 Å². The van der Waals surface area contributed by atoms with Gasteiger partial charge < -0.3 is 5.11 Å². The third-order valence-electron chi connectivity index (χ3n) is 12.0. The molecule has 0 aromatic heterocycles. The predicted molar refractivity (Wildman–Crippen MR) is 122 cm³/mol. The zero-order valence-electron chi connectivity index (χ0n) is 20.1. The van der Waals surface area contributed by atoms with Gasteiger partial charge in [0.2, 0.25) is 0 Å². The van der Waals surface area contributed by atoms with Crippen LogP contribution in [0.25, 0.3) is 0 Å². The van der Waals surface area contributed by atoms with E-state index in [1.54, 1.807) is 0 Å². The molecule has 0 aromatic carbocycles. The standard InChI is InChI=1S/C28H48O/c1-18(2)7-6-8-19(3)23-9-10-24-22-15-20-16-28(20)17-21(29)11-14-27(28,5)25(22)12-13-26(23,24)4/h18-25,29H,6-17H2,1-5H3. The van der Waals surface area contributed by atoms with Crippen molar-refractivity contribution in [3.8, 4) is 0 Å². The molecule has 5 fully saturated rings. The first-order valence-electron chi connectivity index (χ1n) is 13.4. The van der Waals surface area contributed by atoms with Gasteiger partial charge in [-0.15, -0.1) is 0 Å². The van der Waals surface area contributed by atoms with Crippen LogP contribution in [0.3, 0.4) is 0 Å². The highest BCUT2D eigenvalue weighted by Gasteiger charge is 2.73. The highest BCUT2D eigenvalue weighted by Crippen LogP contribution is 2.80. The number of hydrogen-bond acceptors (Lipinski definition) is 1. The third kappa shape index (κ3) is 2.95. The summed E-state index contributed by atoms with van der Waals surface area (Å²) in [4.78, 5) is 0. The smallest absolute Gasteiger partial charge is 0.0546 e. The van der Waals surface area contributed by atoms with Crippen LogP contribution in [0, 0.1) is 57.7 Å². The van der Waals surface area contributed by atoms with Crippen LogP contribution >= 0.6 is 0 Å². The molecule has 5 aliphatic carbocycles. The lowest BCUT2D eigenvalue weighted by Gasteiger charge is -2.61. The van der Waals surface area contributed by atoms with Crippen molar-refractivity contribution in [2.24, 2.45) is 57.7 Å². The molecule has 1 N–H and O–H groups in total. The van der Waals surface area contributed by atoms with Gasteiger partial charge >= 0.3 is 0 Å².